The Morgan fingerprint density at radius 2 is 1.80 bits per heavy atom. The molecule has 1 N–H and O–H groups in total. The van der Waals surface area contributed by atoms with E-state index in [0.717, 1.165) is 5.56 Å². The highest BCUT2D eigenvalue weighted by atomic mass is 16.5. The van der Waals surface area contributed by atoms with Gasteiger partial charge in [0, 0.05) is 12.1 Å². The van der Waals surface area contributed by atoms with E-state index in [2.05, 4.69) is 5.32 Å². The number of nitrogens with one attached hydrogen (secondary N) is 1. The van der Waals surface area contributed by atoms with Crippen molar-refractivity contribution in [2.75, 3.05) is 13.2 Å². The number of carbonyl (C=O) groups excluding carboxylic acids is 2. The van der Waals surface area contributed by atoms with Gasteiger partial charge in [0.25, 0.3) is 5.91 Å². The summed E-state index contributed by atoms with van der Waals surface area (Å²) in [5.41, 5.74) is 1.88. The Hall–Kier alpha value is -3.39. The van der Waals surface area contributed by atoms with Crippen LogP contribution in [-0.4, -0.2) is 24.8 Å². The molecule has 0 atom stereocenters. The molecule has 0 radical (unpaired) electrons. The van der Waals surface area contributed by atoms with Gasteiger partial charge in [-0.25, -0.2) is 0 Å². The van der Waals surface area contributed by atoms with Crippen molar-refractivity contribution in [1.82, 2.24) is 5.32 Å². The molecule has 0 spiro atoms. The number of ether oxygens (including phenoxy) is 1. The number of likely N-dealkylation sites (N-methyl/N-ethyl adjacent to an activating group) is 1. The number of ketones is 1. The van der Waals surface area contributed by atoms with Crippen LogP contribution in [0.1, 0.15) is 28.4 Å². The number of nitriles is 1. The van der Waals surface area contributed by atoms with Gasteiger partial charge in [-0.15, -0.1) is 0 Å². The molecular weight excluding hydrogens is 316 g/mol. The van der Waals surface area contributed by atoms with Crippen molar-refractivity contribution in [3.8, 4) is 11.8 Å². The molecule has 0 fully saturated rings. The maximum atomic E-state index is 12.1. The van der Waals surface area contributed by atoms with E-state index >= 15 is 0 Å². The lowest BCUT2D eigenvalue weighted by atomic mass is 10.1. The first-order valence-electron chi connectivity index (χ1n) is 7.84. The third-order valence-electron chi connectivity index (χ3n) is 3.35. The summed E-state index contributed by atoms with van der Waals surface area (Å²) in [7, 11) is 0. The van der Waals surface area contributed by atoms with Gasteiger partial charge in [-0.2, -0.15) is 5.26 Å². The number of carbonyl (C=O) groups is 2. The SMILES string of the molecule is CCNC(=O)COc1ccc(/C=C\C(=O)c2ccc(C#N)cc2)cc1. The summed E-state index contributed by atoms with van der Waals surface area (Å²) in [6, 6.07) is 15.6. The number of benzene rings is 2. The quantitative estimate of drug-likeness (QED) is 0.623. The molecule has 0 aliphatic carbocycles. The second kappa shape index (κ2) is 9.04. The second-order valence-electron chi connectivity index (χ2n) is 5.20. The standard InChI is InChI=1S/C20H18N2O3/c1-2-22-20(24)14-25-18-10-5-15(6-11-18)7-12-19(23)17-8-3-16(13-21)4-9-17/h3-12H,2,14H2,1H3,(H,22,24)/b12-7-. The summed E-state index contributed by atoms with van der Waals surface area (Å²) in [5.74, 6) is 0.280. The Labute approximate surface area is 146 Å². The average Bonchev–Trinajstić information content (AvgIpc) is 2.65. The zero-order chi connectivity index (χ0) is 18.1. The largest absolute Gasteiger partial charge is 0.484 e. The van der Waals surface area contributed by atoms with Gasteiger partial charge < -0.3 is 10.1 Å². The van der Waals surface area contributed by atoms with Crippen LogP contribution >= 0.6 is 0 Å². The molecule has 2 aromatic rings. The normalized spacial score (nSPS) is 10.2. The number of amides is 1. The highest BCUT2D eigenvalue weighted by Gasteiger charge is 2.03. The Morgan fingerprint density at radius 1 is 1.12 bits per heavy atom. The van der Waals surface area contributed by atoms with Crippen molar-refractivity contribution in [2.24, 2.45) is 0 Å². The number of nitrogens with zero attached hydrogens (tertiary/aromatic N) is 1. The van der Waals surface area contributed by atoms with Gasteiger partial charge >= 0.3 is 0 Å². The summed E-state index contributed by atoms with van der Waals surface area (Å²) >= 11 is 0. The molecule has 0 saturated heterocycles. The van der Waals surface area contributed by atoms with E-state index in [1.54, 1.807) is 54.6 Å². The van der Waals surface area contributed by atoms with Crippen molar-refractivity contribution in [3.05, 3.63) is 71.3 Å². The first-order chi connectivity index (χ1) is 12.1. The number of hydrogen-bond donors (Lipinski definition) is 1. The number of allylic oxidation sites excluding steroid dienone is 1. The van der Waals surface area contributed by atoms with E-state index in [-0.39, 0.29) is 18.3 Å². The Kier molecular flexibility index (Phi) is 6.49. The summed E-state index contributed by atoms with van der Waals surface area (Å²) in [5, 5.41) is 11.4. The molecule has 2 rings (SSSR count). The van der Waals surface area contributed by atoms with Crippen LogP contribution in [0, 0.1) is 11.3 Å². The molecule has 0 aliphatic heterocycles. The zero-order valence-electron chi connectivity index (χ0n) is 13.9. The molecular formula is C20H18N2O3. The van der Waals surface area contributed by atoms with Gasteiger partial charge in [-0.3, -0.25) is 9.59 Å². The summed E-state index contributed by atoms with van der Waals surface area (Å²) < 4.78 is 5.36. The zero-order valence-corrected chi connectivity index (χ0v) is 13.9. The van der Waals surface area contributed by atoms with Gasteiger partial charge in [-0.05, 0) is 55.0 Å². The Balaban J connectivity index is 1.93. The van der Waals surface area contributed by atoms with E-state index in [0.29, 0.717) is 23.4 Å². The maximum absolute atomic E-state index is 12.1. The minimum atomic E-state index is -0.167. The molecule has 5 nitrogen and oxygen atoms in total. The minimum absolute atomic E-state index is 0.0276. The van der Waals surface area contributed by atoms with Crippen LogP contribution in [0.4, 0.5) is 0 Å². The van der Waals surface area contributed by atoms with Crippen LogP contribution in [0.3, 0.4) is 0 Å². The third kappa shape index (κ3) is 5.63. The fourth-order valence-electron chi connectivity index (χ4n) is 2.05. The van der Waals surface area contributed by atoms with Crippen LogP contribution in [-0.2, 0) is 4.79 Å². The van der Waals surface area contributed by atoms with Crippen molar-refractivity contribution in [3.63, 3.8) is 0 Å². The van der Waals surface area contributed by atoms with Gasteiger partial charge in [0.05, 0.1) is 11.6 Å². The Bertz CT molecular complexity index is 800. The van der Waals surface area contributed by atoms with Crippen LogP contribution in [0.2, 0.25) is 0 Å². The summed E-state index contributed by atoms with van der Waals surface area (Å²) in [4.78, 5) is 23.4. The number of hydrogen-bond acceptors (Lipinski definition) is 4. The molecule has 0 aliphatic rings. The molecule has 126 valence electrons. The first kappa shape index (κ1) is 18.0. The second-order valence-corrected chi connectivity index (χ2v) is 5.20. The van der Waals surface area contributed by atoms with Gasteiger partial charge in [0.2, 0.25) is 0 Å². The smallest absolute Gasteiger partial charge is 0.257 e. The highest BCUT2D eigenvalue weighted by molar-refractivity contribution is 6.06. The van der Waals surface area contributed by atoms with Crippen molar-refractivity contribution in [1.29, 1.82) is 5.26 Å². The lowest BCUT2D eigenvalue weighted by molar-refractivity contribution is -0.122. The third-order valence-corrected chi connectivity index (χ3v) is 3.35. The predicted molar refractivity (Wildman–Crippen MR) is 95.1 cm³/mol. The summed E-state index contributed by atoms with van der Waals surface area (Å²) in [6.07, 6.45) is 3.18. The van der Waals surface area contributed by atoms with Crippen LogP contribution in [0.5, 0.6) is 5.75 Å². The molecule has 0 unspecified atom stereocenters. The monoisotopic (exact) mass is 334 g/mol. The van der Waals surface area contributed by atoms with Gasteiger partial charge in [0.15, 0.2) is 12.4 Å². The highest BCUT2D eigenvalue weighted by Crippen LogP contribution is 2.14. The topological polar surface area (TPSA) is 79.2 Å². The predicted octanol–water partition coefficient (Wildman–Crippen LogP) is 2.97. The molecule has 0 heterocycles. The maximum Gasteiger partial charge on any atom is 0.257 e. The van der Waals surface area contributed by atoms with E-state index in [1.807, 2.05) is 13.0 Å². The van der Waals surface area contributed by atoms with E-state index in [4.69, 9.17) is 10.00 Å². The Morgan fingerprint density at radius 3 is 2.40 bits per heavy atom. The minimum Gasteiger partial charge on any atom is -0.484 e. The summed E-state index contributed by atoms with van der Waals surface area (Å²) in [6.45, 7) is 2.39. The van der Waals surface area contributed by atoms with E-state index in [9.17, 15) is 9.59 Å². The molecule has 2 aromatic carbocycles. The molecule has 0 bridgehead atoms. The van der Waals surface area contributed by atoms with Crippen molar-refractivity contribution < 1.29 is 14.3 Å². The lowest BCUT2D eigenvalue weighted by Gasteiger charge is -2.06. The molecule has 25 heavy (non-hydrogen) atoms. The fraction of sp³-hybridized carbons (Fsp3) is 0.150. The van der Waals surface area contributed by atoms with Gasteiger partial charge in [0.1, 0.15) is 5.75 Å². The molecule has 1 amide bonds. The van der Waals surface area contributed by atoms with E-state index < -0.39 is 0 Å². The van der Waals surface area contributed by atoms with Crippen molar-refractivity contribution >= 4 is 17.8 Å². The molecule has 5 heteroatoms. The average molecular weight is 334 g/mol. The van der Waals surface area contributed by atoms with Crippen LogP contribution in [0.25, 0.3) is 6.08 Å². The number of rotatable bonds is 7. The molecule has 0 aromatic heterocycles. The first-order valence-corrected chi connectivity index (χ1v) is 7.84. The van der Waals surface area contributed by atoms with Crippen LogP contribution in [0.15, 0.2) is 54.6 Å². The fourth-order valence-corrected chi connectivity index (χ4v) is 2.05. The van der Waals surface area contributed by atoms with E-state index in [1.165, 1.54) is 6.08 Å². The van der Waals surface area contributed by atoms with Gasteiger partial charge in [-0.1, -0.05) is 18.2 Å². The molecule has 0 saturated carbocycles. The van der Waals surface area contributed by atoms with Crippen molar-refractivity contribution in [2.45, 2.75) is 6.92 Å². The van der Waals surface area contributed by atoms with Crippen LogP contribution < -0.4 is 10.1 Å². The lowest BCUT2D eigenvalue weighted by Crippen LogP contribution is -2.28.